The van der Waals surface area contributed by atoms with Crippen molar-refractivity contribution in [3.8, 4) is 0 Å². The number of carbonyl (C=O) groups excluding carboxylic acids is 2. The molecule has 2 rings (SSSR count). The number of ether oxygens (including phenoxy) is 3. The van der Waals surface area contributed by atoms with E-state index in [1.165, 1.54) is 6.92 Å². The van der Waals surface area contributed by atoms with Crippen LogP contribution in [0.25, 0.3) is 0 Å². The highest BCUT2D eigenvalue weighted by molar-refractivity contribution is 5.84. The van der Waals surface area contributed by atoms with Gasteiger partial charge in [0, 0.05) is 0 Å². The van der Waals surface area contributed by atoms with Gasteiger partial charge in [-0.05, 0) is 20.3 Å². The summed E-state index contributed by atoms with van der Waals surface area (Å²) in [5.41, 5.74) is 0. The second kappa shape index (κ2) is 5.01. The Morgan fingerprint density at radius 3 is 2.88 bits per heavy atom. The quantitative estimate of drug-likeness (QED) is 0.779. The first-order valence-corrected chi connectivity index (χ1v) is 5.78. The number of nitrogens with one attached hydrogen (secondary N) is 1. The molecule has 0 aromatic heterocycles. The fraction of sp³-hybridized carbons (Fsp3) is 0.818. The van der Waals surface area contributed by atoms with Gasteiger partial charge in [-0.3, -0.25) is 4.79 Å². The molecule has 4 atom stereocenters. The van der Waals surface area contributed by atoms with Gasteiger partial charge >= 0.3 is 6.09 Å². The maximum absolute atomic E-state index is 11.5. The zero-order chi connectivity index (χ0) is 12.4. The second-order valence-electron chi connectivity index (χ2n) is 4.45. The lowest BCUT2D eigenvalue weighted by molar-refractivity contribution is -0.118. The van der Waals surface area contributed by atoms with Crippen molar-refractivity contribution in [2.45, 2.75) is 38.7 Å². The third-order valence-corrected chi connectivity index (χ3v) is 3.19. The molecule has 2 aliphatic heterocycles. The van der Waals surface area contributed by atoms with E-state index in [0.717, 1.165) is 6.42 Å². The van der Waals surface area contributed by atoms with Crippen molar-refractivity contribution < 1.29 is 23.8 Å². The molecule has 0 aromatic carbocycles. The van der Waals surface area contributed by atoms with Gasteiger partial charge in [-0.1, -0.05) is 0 Å². The van der Waals surface area contributed by atoms with Crippen LogP contribution in [0.1, 0.15) is 20.3 Å². The Morgan fingerprint density at radius 2 is 2.18 bits per heavy atom. The van der Waals surface area contributed by atoms with Crippen LogP contribution in [0.15, 0.2) is 0 Å². The van der Waals surface area contributed by atoms with E-state index in [-0.39, 0.29) is 24.1 Å². The molecule has 0 radical (unpaired) electrons. The molecule has 6 heteroatoms. The SMILES string of the molecule is CC(=O)C(C)NC(=O)OC1COC2OCCC12. The number of hydrogen-bond donors (Lipinski definition) is 1. The van der Waals surface area contributed by atoms with Crippen LogP contribution in [0.3, 0.4) is 0 Å². The van der Waals surface area contributed by atoms with E-state index in [1.54, 1.807) is 6.92 Å². The number of alkyl carbamates (subject to hydrolysis) is 1. The number of fused-ring (bicyclic) bond motifs is 1. The van der Waals surface area contributed by atoms with Crippen molar-refractivity contribution in [1.29, 1.82) is 0 Å². The lowest BCUT2D eigenvalue weighted by Crippen LogP contribution is -2.40. The summed E-state index contributed by atoms with van der Waals surface area (Å²) in [5, 5.41) is 2.48. The summed E-state index contributed by atoms with van der Waals surface area (Å²) in [6, 6.07) is -0.527. The number of ketones is 1. The smallest absolute Gasteiger partial charge is 0.408 e. The van der Waals surface area contributed by atoms with Crippen molar-refractivity contribution in [1.82, 2.24) is 5.32 Å². The first kappa shape index (κ1) is 12.3. The van der Waals surface area contributed by atoms with Gasteiger partial charge < -0.3 is 19.5 Å². The Labute approximate surface area is 99.6 Å². The summed E-state index contributed by atoms with van der Waals surface area (Å²) in [6.07, 6.45) is -0.251. The zero-order valence-corrected chi connectivity index (χ0v) is 9.97. The van der Waals surface area contributed by atoms with Gasteiger partial charge in [0.05, 0.1) is 25.2 Å². The molecule has 17 heavy (non-hydrogen) atoms. The van der Waals surface area contributed by atoms with Gasteiger partial charge in [0.25, 0.3) is 0 Å². The molecule has 0 saturated carbocycles. The van der Waals surface area contributed by atoms with Crippen LogP contribution >= 0.6 is 0 Å². The molecule has 0 aliphatic carbocycles. The highest BCUT2D eigenvalue weighted by Crippen LogP contribution is 2.32. The van der Waals surface area contributed by atoms with Crippen molar-refractivity contribution in [2.75, 3.05) is 13.2 Å². The van der Waals surface area contributed by atoms with Gasteiger partial charge in [-0.15, -0.1) is 0 Å². The molecule has 0 aromatic rings. The van der Waals surface area contributed by atoms with E-state index in [1.807, 2.05) is 0 Å². The van der Waals surface area contributed by atoms with Crippen molar-refractivity contribution in [2.24, 2.45) is 5.92 Å². The molecule has 0 spiro atoms. The molecule has 96 valence electrons. The van der Waals surface area contributed by atoms with Gasteiger partial charge in [0.2, 0.25) is 0 Å². The molecule has 2 fully saturated rings. The van der Waals surface area contributed by atoms with Crippen LogP contribution in [-0.4, -0.2) is 43.5 Å². The van der Waals surface area contributed by atoms with E-state index >= 15 is 0 Å². The average molecular weight is 243 g/mol. The molecule has 2 heterocycles. The van der Waals surface area contributed by atoms with Crippen molar-refractivity contribution in [3.05, 3.63) is 0 Å². The Balaban J connectivity index is 1.81. The Kier molecular flexibility index (Phi) is 3.63. The van der Waals surface area contributed by atoms with Crippen molar-refractivity contribution in [3.63, 3.8) is 0 Å². The normalized spacial score (nSPS) is 32.9. The Hall–Kier alpha value is -1.14. The maximum Gasteiger partial charge on any atom is 0.408 e. The lowest BCUT2D eigenvalue weighted by atomic mass is 10.0. The number of amides is 1. The van der Waals surface area contributed by atoms with Crippen LogP contribution in [0.5, 0.6) is 0 Å². The molecular weight excluding hydrogens is 226 g/mol. The average Bonchev–Trinajstić information content (AvgIpc) is 2.82. The molecule has 6 nitrogen and oxygen atoms in total. The molecule has 2 saturated heterocycles. The largest absolute Gasteiger partial charge is 0.443 e. The second-order valence-corrected chi connectivity index (χ2v) is 4.45. The standard InChI is InChI=1S/C11H17NO5/c1-6(7(2)13)12-11(14)17-9-5-16-10-8(9)3-4-15-10/h6,8-10H,3-5H2,1-2H3,(H,12,14). The summed E-state index contributed by atoms with van der Waals surface area (Å²) in [4.78, 5) is 22.5. The van der Waals surface area contributed by atoms with E-state index in [4.69, 9.17) is 14.2 Å². The maximum atomic E-state index is 11.5. The fourth-order valence-electron chi connectivity index (χ4n) is 2.00. The monoisotopic (exact) mass is 243 g/mol. The Bertz CT molecular complexity index is 319. The van der Waals surface area contributed by atoms with E-state index in [2.05, 4.69) is 5.32 Å². The third-order valence-electron chi connectivity index (χ3n) is 3.19. The highest BCUT2D eigenvalue weighted by atomic mass is 16.7. The van der Waals surface area contributed by atoms with Crippen molar-refractivity contribution >= 4 is 11.9 Å². The van der Waals surface area contributed by atoms with Crippen LogP contribution in [0.4, 0.5) is 4.79 Å². The predicted octanol–water partition coefficient (Wildman–Crippen LogP) is 0.451. The first-order chi connectivity index (χ1) is 8.08. The molecule has 4 unspecified atom stereocenters. The number of hydrogen-bond acceptors (Lipinski definition) is 5. The minimum atomic E-state index is -0.575. The van der Waals surface area contributed by atoms with Gasteiger partial charge in [-0.2, -0.15) is 0 Å². The van der Waals surface area contributed by atoms with Crippen LogP contribution in [-0.2, 0) is 19.0 Å². The number of carbonyl (C=O) groups is 2. The van der Waals surface area contributed by atoms with Crippen LogP contribution in [0, 0.1) is 5.92 Å². The highest BCUT2D eigenvalue weighted by Gasteiger charge is 2.43. The fourth-order valence-corrected chi connectivity index (χ4v) is 2.00. The van der Waals surface area contributed by atoms with Gasteiger partial charge in [0.1, 0.15) is 6.10 Å². The van der Waals surface area contributed by atoms with E-state index in [9.17, 15) is 9.59 Å². The molecule has 1 N–H and O–H groups in total. The molecule has 0 bridgehead atoms. The molecular formula is C11H17NO5. The predicted molar refractivity (Wildman–Crippen MR) is 57.3 cm³/mol. The number of Topliss-reactive ketones (excluding diaryl/α,β-unsaturated/α-hetero) is 1. The topological polar surface area (TPSA) is 73.9 Å². The van der Waals surface area contributed by atoms with Crippen LogP contribution in [0.2, 0.25) is 0 Å². The number of rotatable bonds is 3. The summed E-state index contributed by atoms with van der Waals surface area (Å²) >= 11 is 0. The lowest BCUT2D eigenvalue weighted by Gasteiger charge is -2.17. The van der Waals surface area contributed by atoms with Gasteiger partial charge in [0.15, 0.2) is 12.1 Å². The van der Waals surface area contributed by atoms with E-state index < -0.39 is 12.1 Å². The summed E-state index contributed by atoms with van der Waals surface area (Å²) < 4.78 is 15.9. The first-order valence-electron chi connectivity index (χ1n) is 5.78. The minimum Gasteiger partial charge on any atom is -0.443 e. The summed E-state index contributed by atoms with van der Waals surface area (Å²) in [6.45, 7) is 4.04. The van der Waals surface area contributed by atoms with E-state index in [0.29, 0.717) is 13.2 Å². The third kappa shape index (κ3) is 2.76. The Morgan fingerprint density at radius 1 is 1.41 bits per heavy atom. The minimum absolute atomic E-state index is 0.105. The summed E-state index contributed by atoms with van der Waals surface area (Å²) in [7, 11) is 0. The molecule has 1 amide bonds. The molecule has 2 aliphatic rings. The summed E-state index contributed by atoms with van der Waals surface area (Å²) in [5.74, 6) is 0.0140. The van der Waals surface area contributed by atoms with Gasteiger partial charge in [-0.25, -0.2) is 4.79 Å². The zero-order valence-electron chi connectivity index (χ0n) is 9.97. The van der Waals surface area contributed by atoms with Crippen LogP contribution < -0.4 is 5.32 Å².